The van der Waals surface area contributed by atoms with Crippen LogP contribution in [0.3, 0.4) is 0 Å². The van der Waals surface area contributed by atoms with E-state index in [1.54, 1.807) is 0 Å². The lowest BCUT2D eigenvalue weighted by Gasteiger charge is -2.36. The van der Waals surface area contributed by atoms with Crippen LogP contribution in [0.1, 0.15) is 134 Å². The lowest BCUT2D eigenvalue weighted by atomic mass is 9.65. The van der Waals surface area contributed by atoms with Gasteiger partial charge in [-0.1, -0.05) is 168 Å². The van der Waals surface area contributed by atoms with E-state index < -0.39 is 5.41 Å². The van der Waals surface area contributed by atoms with E-state index >= 15 is 0 Å². The fourth-order valence-electron chi connectivity index (χ4n) is 12.4. The van der Waals surface area contributed by atoms with Crippen molar-refractivity contribution in [1.82, 2.24) is 9.13 Å². The quantitative estimate of drug-likeness (QED) is 0.164. The fourth-order valence-corrected chi connectivity index (χ4v) is 12.4. The van der Waals surface area contributed by atoms with Crippen molar-refractivity contribution in [1.29, 1.82) is 0 Å². The van der Waals surface area contributed by atoms with Gasteiger partial charge in [0, 0.05) is 44.8 Å². The Bertz CT molecular complexity index is 3280. The molecule has 2 unspecified atom stereocenters. The molecule has 0 fully saturated rings. The summed E-state index contributed by atoms with van der Waals surface area (Å²) < 4.78 is 5.10. The molecule has 1 spiro atoms. The van der Waals surface area contributed by atoms with Gasteiger partial charge < -0.3 is 9.13 Å². The molecule has 3 aliphatic carbocycles. The Hall–Kier alpha value is -6.38. The molecule has 67 heavy (non-hydrogen) atoms. The van der Waals surface area contributed by atoms with Crippen molar-refractivity contribution >= 4 is 43.6 Å². The Morgan fingerprint density at radius 3 is 1.13 bits per heavy atom. The van der Waals surface area contributed by atoms with Crippen LogP contribution in [0, 0.1) is 5.92 Å². The molecule has 2 aromatic heterocycles. The number of hydrogen-bond acceptors (Lipinski definition) is 0. The minimum Gasteiger partial charge on any atom is -0.309 e. The summed E-state index contributed by atoms with van der Waals surface area (Å²) in [6, 6.07) is 53.0. The summed E-state index contributed by atoms with van der Waals surface area (Å²) in [5.74, 6) is 0.483. The second kappa shape index (κ2) is 13.9. The molecule has 3 aliphatic rings. The normalized spacial score (nSPS) is 17.6. The second-order valence-electron chi connectivity index (χ2n) is 24.3. The van der Waals surface area contributed by atoms with Crippen LogP contribution in [-0.2, 0) is 27.1 Å². The monoisotopic (exact) mass is 873 g/mol. The Morgan fingerprint density at radius 2 is 0.746 bits per heavy atom. The average Bonchev–Trinajstić information content (AvgIpc) is 3.98. The Labute approximate surface area is 397 Å². The van der Waals surface area contributed by atoms with E-state index in [4.69, 9.17) is 0 Å². The standard InChI is InChI=1S/C65H64N2/c1-61(2,3)39-21-29-57-49(33-39)50-34-40(62(4,5)6)22-30-58(50)66(57)43-25-27-47-48-28-26-44(38-56(48)65(55(47)37-43)53-19-15-13-17-45(53)46-18-14-16-20-54(46)65)67-59-31-23-41(63(7,8)9)35-51(59)52-36-42(64(10,11)12)24-32-60(52)67/h13-38,45,53H,1-12H3. The first kappa shape index (κ1) is 42.0. The van der Waals surface area contributed by atoms with Crippen LogP contribution in [0.4, 0.5) is 0 Å². The average molecular weight is 873 g/mol. The number of aromatic nitrogens is 2. The third kappa shape index (κ3) is 6.00. The molecule has 2 nitrogen and oxygen atoms in total. The number of allylic oxidation sites excluding steroid dienone is 4. The second-order valence-corrected chi connectivity index (χ2v) is 24.3. The van der Waals surface area contributed by atoms with E-state index in [1.807, 2.05) is 0 Å². The zero-order chi connectivity index (χ0) is 46.7. The van der Waals surface area contributed by atoms with Crippen molar-refractivity contribution in [2.45, 2.75) is 116 Å². The lowest BCUT2D eigenvalue weighted by Crippen LogP contribution is -2.33. The molecule has 334 valence electrons. The summed E-state index contributed by atoms with van der Waals surface area (Å²) in [7, 11) is 0. The molecule has 2 atom stereocenters. The van der Waals surface area contributed by atoms with E-state index in [0.717, 1.165) is 0 Å². The van der Waals surface area contributed by atoms with Gasteiger partial charge in [-0.3, -0.25) is 0 Å². The van der Waals surface area contributed by atoms with E-state index in [0.29, 0.717) is 0 Å². The molecular weight excluding hydrogens is 809 g/mol. The van der Waals surface area contributed by atoms with Gasteiger partial charge in [-0.2, -0.15) is 0 Å². The predicted octanol–water partition coefficient (Wildman–Crippen LogP) is 17.2. The SMILES string of the molecule is CC(C)(C)c1ccc2c(c1)c1cc(C(C)(C)C)ccc1n2-c1ccc2c(c1)C1(c3cc(-n4c5ccc(C(C)(C)C)cc5c5cc(C(C)(C)C)ccc54)ccc3-2)c2ccccc2C2C=CC=CC21. The molecule has 9 aromatic rings. The first-order chi connectivity index (χ1) is 31.7. The molecule has 0 radical (unpaired) electrons. The van der Waals surface area contributed by atoms with E-state index in [-0.39, 0.29) is 33.5 Å². The van der Waals surface area contributed by atoms with Crippen LogP contribution in [-0.4, -0.2) is 9.13 Å². The van der Waals surface area contributed by atoms with Crippen molar-refractivity contribution < 1.29 is 0 Å². The Morgan fingerprint density at radius 1 is 0.373 bits per heavy atom. The lowest BCUT2D eigenvalue weighted by molar-refractivity contribution is 0.465. The highest BCUT2D eigenvalue weighted by Crippen LogP contribution is 2.66. The van der Waals surface area contributed by atoms with Crippen LogP contribution in [0.2, 0.25) is 0 Å². The zero-order valence-electron chi connectivity index (χ0n) is 41.6. The summed E-state index contributed by atoms with van der Waals surface area (Å²) in [6.45, 7) is 27.9. The Balaban J connectivity index is 1.13. The van der Waals surface area contributed by atoms with Crippen LogP contribution in [0.5, 0.6) is 0 Å². The van der Waals surface area contributed by atoms with Gasteiger partial charge in [0.05, 0.1) is 27.5 Å². The van der Waals surface area contributed by atoms with Crippen LogP contribution in [0.15, 0.2) is 158 Å². The highest BCUT2D eigenvalue weighted by molar-refractivity contribution is 6.11. The number of hydrogen-bond donors (Lipinski definition) is 0. The van der Waals surface area contributed by atoms with E-state index in [1.165, 1.54) is 111 Å². The predicted molar refractivity (Wildman–Crippen MR) is 286 cm³/mol. The molecule has 0 amide bonds. The van der Waals surface area contributed by atoms with Gasteiger partial charge >= 0.3 is 0 Å². The first-order valence-electron chi connectivity index (χ1n) is 24.7. The molecule has 7 aromatic carbocycles. The third-order valence-corrected chi connectivity index (χ3v) is 16.0. The molecule has 0 bridgehead atoms. The van der Waals surface area contributed by atoms with Crippen LogP contribution >= 0.6 is 0 Å². The van der Waals surface area contributed by atoms with Crippen molar-refractivity contribution in [2.75, 3.05) is 0 Å². The summed E-state index contributed by atoms with van der Waals surface area (Å²) in [5.41, 5.74) is 20.9. The maximum atomic E-state index is 2.58. The van der Waals surface area contributed by atoms with Crippen molar-refractivity contribution in [2.24, 2.45) is 5.92 Å². The first-order valence-corrected chi connectivity index (χ1v) is 24.7. The van der Waals surface area contributed by atoms with Crippen LogP contribution < -0.4 is 0 Å². The van der Waals surface area contributed by atoms with E-state index in [9.17, 15) is 0 Å². The summed E-state index contributed by atoms with van der Waals surface area (Å²) in [4.78, 5) is 0. The summed E-state index contributed by atoms with van der Waals surface area (Å²) in [5, 5.41) is 5.27. The number of fused-ring (bicyclic) bond motifs is 16. The molecule has 0 aliphatic heterocycles. The van der Waals surface area contributed by atoms with Gasteiger partial charge in [-0.25, -0.2) is 0 Å². The largest absolute Gasteiger partial charge is 0.309 e. The van der Waals surface area contributed by atoms with Crippen LogP contribution in [0.25, 0.3) is 66.1 Å². The molecule has 0 N–H and O–H groups in total. The van der Waals surface area contributed by atoms with Gasteiger partial charge in [0.1, 0.15) is 0 Å². The van der Waals surface area contributed by atoms with Crippen molar-refractivity contribution in [3.63, 3.8) is 0 Å². The number of nitrogens with zero attached hydrogens (tertiary/aromatic N) is 2. The highest BCUT2D eigenvalue weighted by atomic mass is 15.0. The van der Waals surface area contributed by atoms with Gasteiger partial charge in [-0.15, -0.1) is 0 Å². The van der Waals surface area contributed by atoms with Gasteiger partial charge in [0.15, 0.2) is 0 Å². The smallest absolute Gasteiger partial charge is 0.0541 e. The molecule has 12 rings (SSSR count). The van der Waals surface area contributed by atoms with Crippen molar-refractivity contribution in [3.8, 4) is 22.5 Å². The maximum Gasteiger partial charge on any atom is 0.0541 e. The molecule has 2 heterocycles. The summed E-state index contributed by atoms with van der Waals surface area (Å²) in [6.07, 6.45) is 9.56. The minimum absolute atomic E-state index is 0.0349. The van der Waals surface area contributed by atoms with Gasteiger partial charge in [0.25, 0.3) is 0 Å². The maximum absolute atomic E-state index is 2.58. The molecule has 2 heteroatoms. The fraction of sp³-hybridized carbons (Fsp3) is 0.292. The van der Waals surface area contributed by atoms with Gasteiger partial charge in [0.2, 0.25) is 0 Å². The minimum atomic E-state index is -0.408. The molecule has 0 saturated carbocycles. The van der Waals surface area contributed by atoms with Gasteiger partial charge in [-0.05, 0) is 150 Å². The molecule has 0 saturated heterocycles. The number of benzene rings is 7. The third-order valence-electron chi connectivity index (χ3n) is 16.0. The van der Waals surface area contributed by atoms with E-state index in [2.05, 4.69) is 250 Å². The van der Waals surface area contributed by atoms with Crippen molar-refractivity contribution in [3.05, 3.63) is 202 Å². The Kier molecular flexibility index (Phi) is 8.68. The highest BCUT2D eigenvalue weighted by Gasteiger charge is 2.57. The topological polar surface area (TPSA) is 9.86 Å². The number of rotatable bonds is 2. The zero-order valence-corrected chi connectivity index (χ0v) is 41.6. The summed E-state index contributed by atoms with van der Waals surface area (Å²) >= 11 is 0. The molecular formula is C65H64N2.